The molecule has 1 unspecified atom stereocenters. The number of allylic oxidation sites excluding steroid dienone is 6. The Balaban J connectivity index is 2.44. The molecule has 25 heavy (non-hydrogen) atoms. The molecule has 0 N–H and O–H groups in total. The molecule has 126 valence electrons. The van der Waals surface area contributed by atoms with Gasteiger partial charge in [0.05, 0.1) is 5.71 Å². The molecule has 2 rings (SSSR count). The van der Waals surface area contributed by atoms with E-state index in [-0.39, 0.29) is 0 Å². The molecular formula is C23H23NS. The van der Waals surface area contributed by atoms with Crippen LogP contribution in [-0.4, -0.2) is 5.71 Å². The highest BCUT2D eigenvalue weighted by molar-refractivity contribution is 8.06. The van der Waals surface area contributed by atoms with Gasteiger partial charge in [-0.05, 0) is 40.2 Å². The summed E-state index contributed by atoms with van der Waals surface area (Å²) >= 11 is 1.47. The lowest BCUT2D eigenvalue weighted by Crippen LogP contribution is -2.02. The van der Waals surface area contributed by atoms with Crippen LogP contribution >= 0.6 is 11.8 Å². The maximum absolute atomic E-state index is 4.60. The van der Waals surface area contributed by atoms with Gasteiger partial charge in [0.1, 0.15) is 0 Å². The molecule has 1 atom stereocenters. The van der Waals surface area contributed by atoms with Crippen LogP contribution in [0, 0.1) is 5.92 Å². The van der Waals surface area contributed by atoms with Gasteiger partial charge in [-0.2, -0.15) is 0 Å². The summed E-state index contributed by atoms with van der Waals surface area (Å²) in [5.74, 6) is 0.433. The van der Waals surface area contributed by atoms with Crippen LogP contribution in [0.4, 0.5) is 0 Å². The fraction of sp³-hybridized carbons (Fsp3) is 0.0870. The third-order valence-corrected chi connectivity index (χ3v) is 4.41. The van der Waals surface area contributed by atoms with E-state index >= 15 is 0 Å². The van der Waals surface area contributed by atoms with Crippen molar-refractivity contribution in [1.82, 2.24) is 0 Å². The molecule has 0 saturated heterocycles. The average Bonchev–Trinajstić information content (AvgIpc) is 2.80. The molecule has 0 fully saturated rings. The van der Waals surface area contributed by atoms with Gasteiger partial charge in [0, 0.05) is 16.7 Å². The standard InChI is InChI=1S/C23H23NS/c1-6-17(3)14-15-24-23(19(5)25-7-2)22-13-12-20-10-8-18(4)9-11-21(20)16-22/h6-16,18H,1-3,5H2,4H3/b15-14-,24-23?. The van der Waals surface area contributed by atoms with E-state index in [1.54, 1.807) is 17.7 Å². The normalized spacial score (nSPS) is 16.4. The minimum atomic E-state index is 0.433. The molecule has 2 heteroatoms. The second kappa shape index (κ2) is 9.05. The first kappa shape index (κ1) is 18.8. The SMILES string of the molecule is C=CSC(=C)C(=N/C=C\C(=C)C=C)c1ccc2c(c1)C=CC(C)C=C2. The van der Waals surface area contributed by atoms with Crippen LogP contribution in [0.3, 0.4) is 0 Å². The first-order valence-corrected chi connectivity index (χ1v) is 8.96. The number of rotatable bonds is 7. The molecule has 0 heterocycles. The minimum Gasteiger partial charge on any atom is -0.255 e. The van der Waals surface area contributed by atoms with Crippen LogP contribution in [0.15, 0.2) is 95.9 Å². The van der Waals surface area contributed by atoms with E-state index in [1.807, 2.05) is 6.08 Å². The molecule has 1 aromatic carbocycles. The Labute approximate surface area is 155 Å². The van der Waals surface area contributed by atoms with E-state index in [0.29, 0.717) is 5.92 Å². The van der Waals surface area contributed by atoms with Crippen molar-refractivity contribution in [2.75, 3.05) is 0 Å². The Kier molecular flexibility index (Phi) is 6.79. The van der Waals surface area contributed by atoms with E-state index in [4.69, 9.17) is 0 Å². The van der Waals surface area contributed by atoms with Crippen molar-refractivity contribution in [2.45, 2.75) is 6.92 Å². The fourth-order valence-corrected chi connectivity index (χ4v) is 2.82. The summed E-state index contributed by atoms with van der Waals surface area (Å²) < 4.78 is 0. The third kappa shape index (κ3) is 5.20. The topological polar surface area (TPSA) is 12.4 Å². The maximum atomic E-state index is 4.60. The molecule has 0 saturated carbocycles. The highest BCUT2D eigenvalue weighted by Crippen LogP contribution is 2.25. The molecule has 0 amide bonds. The number of thioether (sulfide) groups is 1. The van der Waals surface area contributed by atoms with Gasteiger partial charge >= 0.3 is 0 Å². The Morgan fingerprint density at radius 3 is 2.52 bits per heavy atom. The van der Waals surface area contributed by atoms with E-state index < -0.39 is 0 Å². The van der Waals surface area contributed by atoms with E-state index in [0.717, 1.165) is 21.8 Å². The zero-order valence-electron chi connectivity index (χ0n) is 14.6. The quantitative estimate of drug-likeness (QED) is 0.391. The lowest BCUT2D eigenvalue weighted by atomic mass is 10.0. The second-order valence-corrected chi connectivity index (χ2v) is 6.76. The van der Waals surface area contributed by atoms with Crippen LogP contribution in [-0.2, 0) is 0 Å². The van der Waals surface area contributed by atoms with Crippen molar-refractivity contribution in [1.29, 1.82) is 0 Å². The first-order chi connectivity index (χ1) is 12.0. The zero-order valence-corrected chi connectivity index (χ0v) is 15.4. The maximum Gasteiger partial charge on any atom is 0.0835 e. The Morgan fingerprint density at radius 1 is 1.12 bits per heavy atom. The second-order valence-electron chi connectivity index (χ2n) is 5.70. The van der Waals surface area contributed by atoms with Gasteiger partial charge in [-0.3, -0.25) is 4.99 Å². The van der Waals surface area contributed by atoms with Crippen molar-refractivity contribution in [2.24, 2.45) is 10.9 Å². The summed E-state index contributed by atoms with van der Waals surface area (Å²) in [6.45, 7) is 17.6. The predicted octanol–water partition coefficient (Wildman–Crippen LogP) is 6.80. The number of hydrogen-bond donors (Lipinski definition) is 0. The van der Waals surface area contributed by atoms with E-state index in [2.05, 4.69) is 80.7 Å². The van der Waals surface area contributed by atoms with Crippen LogP contribution in [0.5, 0.6) is 0 Å². The summed E-state index contributed by atoms with van der Waals surface area (Å²) in [7, 11) is 0. The Bertz CT molecular complexity index is 818. The van der Waals surface area contributed by atoms with Gasteiger partial charge < -0.3 is 0 Å². The summed E-state index contributed by atoms with van der Waals surface area (Å²) in [6, 6.07) is 6.35. The molecule has 0 radical (unpaired) electrons. The highest BCUT2D eigenvalue weighted by atomic mass is 32.2. The monoisotopic (exact) mass is 345 g/mol. The number of benzene rings is 1. The van der Waals surface area contributed by atoms with Crippen molar-refractivity contribution in [3.8, 4) is 0 Å². The lowest BCUT2D eigenvalue weighted by molar-refractivity contribution is 0.954. The molecule has 1 aliphatic carbocycles. The number of fused-ring (bicyclic) bond motifs is 1. The Hall–Kier alpha value is -2.58. The van der Waals surface area contributed by atoms with Crippen LogP contribution in [0.25, 0.3) is 12.2 Å². The Morgan fingerprint density at radius 2 is 1.84 bits per heavy atom. The predicted molar refractivity (Wildman–Crippen MR) is 116 cm³/mol. The lowest BCUT2D eigenvalue weighted by Gasteiger charge is -2.10. The smallest absolute Gasteiger partial charge is 0.0835 e. The molecule has 0 spiro atoms. The summed E-state index contributed by atoms with van der Waals surface area (Å²) in [6.07, 6.45) is 14.0. The molecule has 0 aromatic heterocycles. The van der Waals surface area contributed by atoms with Crippen molar-refractivity contribution in [3.63, 3.8) is 0 Å². The summed E-state index contributed by atoms with van der Waals surface area (Å²) in [5.41, 5.74) is 5.06. The molecule has 1 aliphatic rings. The summed E-state index contributed by atoms with van der Waals surface area (Å²) in [5, 5.41) is 1.76. The molecular weight excluding hydrogens is 322 g/mol. The number of hydrogen-bond acceptors (Lipinski definition) is 2. The van der Waals surface area contributed by atoms with Gasteiger partial charge in [0.2, 0.25) is 0 Å². The van der Waals surface area contributed by atoms with E-state index in [1.165, 1.54) is 22.9 Å². The van der Waals surface area contributed by atoms with Gasteiger partial charge in [-0.15, -0.1) is 0 Å². The van der Waals surface area contributed by atoms with Crippen LogP contribution in [0.2, 0.25) is 0 Å². The number of nitrogens with zero attached hydrogens (tertiary/aromatic N) is 1. The van der Waals surface area contributed by atoms with Gasteiger partial charge in [0.15, 0.2) is 0 Å². The van der Waals surface area contributed by atoms with Gasteiger partial charge in [0.25, 0.3) is 0 Å². The van der Waals surface area contributed by atoms with Crippen molar-refractivity contribution >= 4 is 29.6 Å². The molecule has 0 aliphatic heterocycles. The van der Waals surface area contributed by atoms with E-state index in [9.17, 15) is 0 Å². The average molecular weight is 346 g/mol. The molecule has 1 aromatic rings. The van der Waals surface area contributed by atoms with Gasteiger partial charge in [-0.25, -0.2) is 0 Å². The first-order valence-electron chi connectivity index (χ1n) is 8.08. The largest absolute Gasteiger partial charge is 0.255 e. The van der Waals surface area contributed by atoms with Gasteiger partial charge in [-0.1, -0.05) is 87.5 Å². The highest BCUT2D eigenvalue weighted by Gasteiger charge is 2.10. The fourth-order valence-electron chi connectivity index (χ4n) is 2.33. The molecule has 1 nitrogen and oxygen atoms in total. The van der Waals surface area contributed by atoms with Crippen molar-refractivity contribution in [3.05, 3.63) is 108 Å². The number of aliphatic imine (C=N–C) groups is 1. The molecule has 0 bridgehead atoms. The van der Waals surface area contributed by atoms with Crippen LogP contribution < -0.4 is 0 Å². The summed E-state index contributed by atoms with van der Waals surface area (Å²) in [4.78, 5) is 5.46. The van der Waals surface area contributed by atoms with Crippen molar-refractivity contribution < 1.29 is 0 Å². The third-order valence-electron chi connectivity index (χ3n) is 3.76. The zero-order chi connectivity index (χ0) is 18.2. The van der Waals surface area contributed by atoms with Crippen LogP contribution in [0.1, 0.15) is 23.6 Å². The minimum absolute atomic E-state index is 0.433.